The smallest absolute Gasteiger partial charge is 0.315 e. The average Bonchev–Trinajstić information content (AvgIpc) is 2.66. The third kappa shape index (κ3) is 5.14. The summed E-state index contributed by atoms with van der Waals surface area (Å²) in [7, 11) is 1.40. The van der Waals surface area contributed by atoms with Gasteiger partial charge in [-0.05, 0) is 24.6 Å². The van der Waals surface area contributed by atoms with E-state index in [1.807, 2.05) is 6.92 Å². The van der Waals surface area contributed by atoms with Gasteiger partial charge in [-0.1, -0.05) is 6.92 Å². The van der Waals surface area contributed by atoms with Crippen LogP contribution in [0.15, 0.2) is 41.5 Å². The Bertz CT molecular complexity index is 851. The van der Waals surface area contributed by atoms with Crippen molar-refractivity contribution in [2.45, 2.75) is 13.3 Å². The van der Waals surface area contributed by atoms with Gasteiger partial charge in [0.2, 0.25) is 5.75 Å². The lowest BCUT2D eigenvalue weighted by Gasteiger charge is -2.11. The fourth-order valence-corrected chi connectivity index (χ4v) is 2.16. The molecule has 2 aromatic rings. The molecule has 0 aromatic heterocycles. The maximum absolute atomic E-state index is 11.3. The third-order valence-electron chi connectivity index (χ3n) is 3.41. The summed E-state index contributed by atoms with van der Waals surface area (Å²) in [5, 5.41) is 26.0. The van der Waals surface area contributed by atoms with Gasteiger partial charge in [-0.25, -0.2) is 0 Å². The number of nitrogens with zero attached hydrogens (tertiary/aromatic N) is 3. The Balaban J connectivity index is 2.22. The predicted molar refractivity (Wildman–Crippen MR) is 99.7 cm³/mol. The molecule has 0 amide bonds. The molecule has 0 saturated carbocycles. The van der Waals surface area contributed by atoms with Gasteiger partial charge in [0.1, 0.15) is 0 Å². The molecule has 0 saturated heterocycles. The largest absolute Gasteiger partial charge is 0.493 e. The Morgan fingerprint density at radius 1 is 1.15 bits per heavy atom. The summed E-state index contributed by atoms with van der Waals surface area (Å²) in [5.74, 6) is 0.305. The van der Waals surface area contributed by atoms with Crippen molar-refractivity contribution in [3.63, 3.8) is 0 Å². The maximum Gasteiger partial charge on any atom is 0.315 e. The minimum absolute atomic E-state index is 0.0347. The summed E-state index contributed by atoms with van der Waals surface area (Å²) in [4.78, 5) is 20.9. The highest BCUT2D eigenvalue weighted by atomic mass is 16.6. The van der Waals surface area contributed by atoms with Crippen LogP contribution in [0, 0.1) is 20.2 Å². The highest BCUT2D eigenvalue weighted by molar-refractivity contribution is 5.83. The Kier molecular flexibility index (Phi) is 6.64. The van der Waals surface area contributed by atoms with E-state index in [9.17, 15) is 20.2 Å². The van der Waals surface area contributed by atoms with Crippen LogP contribution < -0.4 is 14.9 Å². The van der Waals surface area contributed by atoms with E-state index in [1.165, 1.54) is 43.7 Å². The van der Waals surface area contributed by atoms with Crippen molar-refractivity contribution in [2.24, 2.45) is 5.10 Å². The van der Waals surface area contributed by atoms with Crippen LogP contribution in [-0.2, 0) is 0 Å². The number of rotatable bonds is 9. The first kappa shape index (κ1) is 19.6. The average molecular weight is 374 g/mol. The van der Waals surface area contributed by atoms with Crippen molar-refractivity contribution in [1.82, 2.24) is 0 Å². The first-order valence-electron chi connectivity index (χ1n) is 7.99. The molecule has 10 heteroatoms. The standard InChI is InChI=1S/C17H18N4O6/c1-3-8-27-17-15(21(24)25)9-12(10-16(17)26-2)11-18-19-13-4-6-14(7-5-13)20(22)23/h4-7,9-11,19H,3,8H2,1-2H3/b18-11+. The molecule has 10 nitrogen and oxygen atoms in total. The molecule has 2 rings (SSSR count). The number of ether oxygens (including phenoxy) is 2. The lowest BCUT2D eigenvalue weighted by Crippen LogP contribution is -2.03. The van der Waals surface area contributed by atoms with Crippen molar-refractivity contribution in [1.29, 1.82) is 0 Å². The van der Waals surface area contributed by atoms with Crippen molar-refractivity contribution in [3.05, 3.63) is 62.2 Å². The Hall–Kier alpha value is -3.69. The van der Waals surface area contributed by atoms with Crippen molar-refractivity contribution in [3.8, 4) is 11.5 Å². The minimum atomic E-state index is -0.547. The number of benzene rings is 2. The SMILES string of the molecule is CCCOc1c(OC)cc(/C=N/Nc2ccc([N+](=O)[O-])cc2)cc1[N+](=O)[O-]. The molecule has 0 aliphatic heterocycles. The number of non-ortho nitro benzene ring substituents is 1. The van der Waals surface area contributed by atoms with Crippen LogP contribution in [0.3, 0.4) is 0 Å². The van der Waals surface area contributed by atoms with Crippen molar-refractivity contribution >= 4 is 23.3 Å². The highest BCUT2D eigenvalue weighted by Crippen LogP contribution is 2.38. The number of nitrogens with one attached hydrogen (secondary N) is 1. The fourth-order valence-electron chi connectivity index (χ4n) is 2.16. The van der Waals surface area contributed by atoms with E-state index in [2.05, 4.69) is 10.5 Å². The zero-order chi connectivity index (χ0) is 19.8. The molecule has 27 heavy (non-hydrogen) atoms. The van der Waals surface area contributed by atoms with Gasteiger partial charge in [-0.2, -0.15) is 5.10 Å². The molecule has 0 fully saturated rings. The van der Waals surface area contributed by atoms with Gasteiger partial charge in [0.15, 0.2) is 5.75 Å². The van der Waals surface area contributed by atoms with Crippen LogP contribution in [0.4, 0.5) is 17.1 Å². The zero-order valence-electron chi connectivity index (χ0n) is 14.7. The van der Waals surface area contributed by atoms with E-state index in [4.69, 9.17) is 9.47 Å². The molecule has 0 bridgehead atoms. The second-order valence-electron chi connectivity index (χ2n) is 5.35. The van der Waals surface area contributed by atoms with E-state index >= 15 is 0 Å². The summed E-state index contributed by atoms with van der Waals surface area (Å²) in [5.41, 5.74) is 3.40. The molecule has 0 aliphatic rings. The first-order chi connectivity index (χ1) is 13.0. The van der Waals surface area contributed by atoms with Gasteiger partial charge in [0.25, 0.3) is 5.69 Å². The van der Waals surface area contributed by atoms with Crippen molar-refractivity contribution in [2.75, 3.05) is 19.1 Å². The molecule has 0 unspecified atom stereocenters. The number of hydrazone groups is 1. The van der Waals surface area contributed by atoms with E-state index in [-0.39, 0.29) is 22.9 Å². The molecule has 0 aliphatic carbocycles. The normalized spacial score (nSPS) is 10.6. The van der Waals surface area contributed by atoms with Crippen LogP contribution in [0.25, 0.3) is 0 Å². The van der Waals surface area contributed by atoms with Crippen LogP contribution in [0.2, 0.25) is 0 Å². The quantitative estimate of drug-likeness (QED) is 0.402. The lowest BCUT2D eigenvalue weighted by atomic mass is 10.2. The van der Waals surface area contributed by atoms with E-state index in [1.54, 1.807) is 6.07 Å². The predicted octanol–water partition coefficient (Wildman–Crippen LogP) is 3.75. The fraction of sp³-hybridized carbons (Fsp3) is 0.235. The lowest BCUT2D eigenvalue weighted by molar-refractivity contribution is -0.386. The molecule has 0 spiro atoms. The van der Waals surface area contributed by atoms with Crippen LogP contribution >= 0.6 is 0 Å². The molecular weight excluding hydrogens is 356 g/mol. The second-order valence-corrected chi connectivity index (χ2v) is 5.35. The van der Waals surface area contributed by atoms with Gasteiger partial charge in [-0.15, -0.1) is 0 Å². The Morgan fingerprint density at radius 3 is 2.41 bits per heavy atom. The number of nitro groups is 2. The molecule has 142 valence electrons. The Labute approximate surface area is 154 Å². The Morgan fingerprint density at radius 2 is 1.85 bits per heavy atom. The number of hydrogen-bond acceptors (Lipinski definition) is 8. The maximum atomic E-state index is 11.3. The van der Waals surface area contributed by atoms with Gasteiger partial charge >= 0.3 is 5.69 Å². The van der Waals surface area contributed by atoms with Crippen LogP contribution in [-0.4, -0.2) is 29.8 Å². The summed E-state index contributed by atoms with van der Waals surface area (Å²) in [6, 6.07) is 8.57. The monoisotopic (exact) mass is 374 g/mol. The first-order valence-corrected chi connectivity index (χ1v) is 7.99. The number of methoxy groups -OCH3 is 1. The summed E-state index contributed by atoms with van der Waals surface area (Å²) in [6.45, 7) is 2.22. The van der Waals surface area contributed by atoms with E-state index in [0.29, 0.717) is 24.3 Å². The van der Waals surface area contributed by atoms with Crippen LogP contribution in [0.5, 0.6) is 11.5 Å². The molecule has 0 heterocycles. The summed E-state index contributed by atoms with van der Waals surface area (Å²) >= 11 is 0. The van der Waals surface area contributed by atoms with E-state index in [0.717, 1.165) is 0 Å². The zero-order valence-corrected chi connectivity index (χ0v) is 14.7. The molecular formula is C17H18N4O6. The van der Waals surface area contributed by atoms with Gasteiger partial charge in [-0.3, -0.25) is 25.7 Å². The van der Waals surface area contributed by atoms with Crippen LogP contribution in [0.1, 0.15) is 18.9 Å². The minimum Gasteiger partial charge on any atom is -0.493 e. The molecule has 0 atom stereocenters. The van der Waals surface area contributed by atoms with Gasteiger partial charge < -0.3 is 9.47 Å². The van der Waals surface area contributed by atoms with Gasteiger partial charge in [0, 0.05) is 23.8 Å². The van der Waals surface area contributed by atoms with Crippen molar-refractivity contribution < 1.29 is 19.3 Å². The number of nitro benzene ring substituents is 2. The topological polar surface area (TPSA) is 129 Å². The number of anilines is 1. The summed E-state index contributed by atoms with van der Waals surface area (Å²) < 4.78 is 10.6. The summed E-state index contributed by atoms with van der Waals surface area (Å²) in [6.07, 6.45) is 2.07. The molecule has 0 radical (unpaired) electrons. The highest BCUT2D eigenvalue weighted by Gasteiger charge is 2.21. The third-order valence-corrected chi connectivity index (χ3v) is 3.41. The van der Waals surface area contributed by atoms with E-state index < -0.39 is 9.85 Å². The molecule has 1 N–H and O–H groups in total. The molecule has 2 aromatic carbocycles. The van der Waals surface area contributed by atoms with Gasteiger partial charge in [0.05, 0.1) is 35.5 Å². The second kappa shape index (κ2) is 9.13. The number of hydrogen-bond donors (Lipinski definition) is 1.